The molecule has 1 heterocycles. The van der Waals surface area contributed by atoms with Crippen LogP contribution in [-0.2, 0) is 6.54 Å². The summed E-state index contributed by atoms with van der Waals surface area (Å²) in [5.74, 6) is 0.395. The summed E-state index contributed by atoms with van der Waals surface area (Å²) < 4.78 is 14.9. The van der Waals surface area contributed by atoms with Crippen LogP contribution in [0.5, 0.6) is 0 Å². The number of aromatic nitrogens is 1. The van der Waals surface area contributed by atoms with Gasteiger partial charge in [-0.05, 0) is 43.9 Å². The van der Waals surface area contributed by atoms with E-state index in [2.05, 4.69) is 21.2 Å². The van der Waals surface area contributed by atoms with E-state index in [1.54, 1.807) is 11.3 Å². The molecule has 0 bridgehead atoms. The molecule has 110 valence electrons. The molecule has 0 amide bonds. The number of nitrogens with zero attached hydrogens (tertiary/aromatic N) is 1. The zero-order valence-corrected chi connectivity index (χ0v) is 13.9. The van der Waals surface area contributed by atoms with Crippen molar-refractivity contribution in [3.63, 3.8) is 0 Å². The lowest BCUT2D eigenvalue weighted by atomic mass is 10.2. The van der Waals surface area contributed by atoms with Crippen molar-refractivity contribution in [3.8, 4) is 10.6 Å². The normalized spacial score (nSPS) is 18.2. The fourth-order valence-electron chi connectivity index (χ4n) is 2.47. The van der Waals surface area contributed by atoms with E-state index in [1.807, 2.05) is 12.1 Å². The number of halogens is 2. The largest absolute Gasteiger partial charge is 0.309 e. The Hall–Kier alpha value is -0.780. The minimum atomic E-state index is -0.206. The van der Waals surface area contributed by atoms with Gasteiger partial charge in [-0.25, -0.2) is 9.37 Å². The van der Waals surface area contributed by atoms with Crippen LogP contribution in [0, 0.1) is 5.82 Å². The Bertz CT molecular complexity index is 677. The molecule has 0 saturated heterocycles. The average Bonchev–Trinajstić information content (AvgIpc) is 3.36. The molecule has 1 aromatic carbocycles. The number of nitrogens with one attached hydrogen (secondary N) is 1. The maximum atomic E-state index is 14.1. The molecule has 2 aliphatic carbocycles. The molecule has 2 saturated carbocycles. The molecule has 5 heteroatoms. The molecule has 1 aromatic heterocycles. The van der Waals surface area contributed by atoms with E-state index in [0.717, 1.165) is 16.0 Å². The van der Waals surface area contributed by atoms with Gasteiger partial charge in [0.25, 0.3) is 0 Å². The predicted octanol–water partition coefficient (Wildman–Crippen LogP) is 4.84. The third kappa shape index (κ3) is 3.05. The summed E-state index contributed by atoms with van der Waals surface area (Å²) >= 11 is 4.94. The minimum Gasteiger partial charge on any atom is -0.309 e. The van der Waals surface area contributed by atoms with Crippen molar-refractivity contribution in [2.24, 2.45) is 0 Å². The summed E-state index contributed by atoms with van der Waals surface area (Å²) in [6.45, 7) is 0.881. The molecule has 2 aliphatic rings. The van der Waals surface area contributed by atoms with Crippen LogP contribution < -0.4 is 5.32 Å². The summed E-state index contributed by atoms with van der Waals surface area (Å²) in [5, 5.41) is 4.37. The second kappa shape index (κ2) is 5.45. The fourth-order valence-corrected chi connectivity index (χ4v) is 3.93. The highest BCUT2D eigenvalue weighted by molar-refractivity contribution is 9.10. The molecule has 0 radical (unpaired) electrons. The fraction of sp³-hybridized carbons (Fsp3) is 0.438. The van der Waals surface area contributed by atoms with Crippen LogP contribution in [0.4, 0.5) is 4.39 Å². The first kappa shape index (κ1) is 13.9. The smallest absolute Gasteiger partial charge is 0.134 e. The van der Waals surface area contributed by atoms with Crippen molar-refractivity contribution in [1.82, 2.24) is 10.3 Å². The van der Waals surface area contributed by atoms with Crippen LogP contribution in [0.25, 0.3) is 10.6 Å². The van der Waals surface area contributed by atoms with Crippen molar-refractivity contribution in [2.45, 2.75) is 44.2 Å². The molecule has 2 fully saturated rings. The first-order valence-corrected chi connectivity index (χ1v) is 9.00. The van der Waals surface area contributed by atoms with Crippen molar-refractivity contribution < 1.29 is 4.39 Å². The number of thiazole rings is 1. The Kier molecular flexibility index (Phi) is 3.59. The zero-order chi connectivity index (χ0) is 14.4. The van der Waals surface area contributed by atoms with E-state index in [4.69, 9.17) is 4.98 Å². The van der Waals surface area contributed by atoms with E-state index in [-0.39, 0.29) is 5.82 Å². The number of hydrogen-bond donors (Lipinski definition) is 1. The third-order valence-electron chi connectivity index (χ3n) is 3.98. The lowest BCUT2D eigenvalue weighted by Gasteiger charge is -2.01. The van der Waals surface area contributed by atoms with Crippen LogP contribution in [0.15, 0.2) is 22.7 Å². The minimum absolute atomic E-state index is 0.206. The van der Waals surface area contributed by atoms with E-state index < -0.39 is 0 Å². The SMILES string of the molecule is Fc1cc(Br)ccc1-c1nc(C2CC2)c(CNC2CC2)s1. The van der Waals surface area contributed by atoms with Crippen molar-refractivity contribution in [2.75, 3.05) is 0 Å². The molecule has 0 atom stereocenters. The molecule has 0 unspecified atom stereocenters. The monoisotopic (exact) mass is 366 g/mol. The quantitative estimate of drug-likeness (QED) is 0.818. The van der Waals surface area contributed by atoms with E-state index in [1.165, 1.54) is 42.3 Å². The maximum Gasteiger partial charge on any atom is 0.134 e. The Morgan fingerprint density at radius 3 is 2.76 bits per heavy atom. The summed E-state index contributed by atoms with van der Waals surface area (Å²) in [6, 6.07) is 5.88. The third-order valence-corrected chi connectivity index (χ3v) is 5.58. The van der Waals surface area contributed by atoms with E-state index in [9.17, 15) is 4.39 Å². The van der Waals surface area contributed by atoms with Crippen LogP contribution in [-0.4, -0.2) is 11.0 Å². The van der Waals surface area contributed by atoms with Gasteiger partial charge >= 0.3 is 0 Å². The second-order valence-electron chi connectivity index (χ2n) is 5.88. The van der Waals surface area contributed by atoms with Crippen molar-refractivity contribution in [1.29, 1.82) is 0 Å². The van der Waals surface area contributed by atoms with Gasteiger partial charge < -0.3 is 5.32 Å². The molecule has 21 heavy (non-hydrogen) atoms. The van der Waals surface area contributed by atoms with Crippen molar-refractivity contribution in [3.05, 3.63) is 39.1 Å². The Labute approximate surface area is 135 Å². The Balaban J connectivity index is 1.66. The molecule has 0 aliphatic heterocycles. The molecule has 2 aromatic rings. The predicted molar refractivity (Wildman–Crippen MR) is 87.0 cm³/mol. The number of rotatable bonds is 5. The van der Waals surface area contributed by atoms with Crippen LogP contribution in [0.3, 0.4) is 0 Å². The van der Waals surface area contributed by atoms with Gasteiger partial charge in [0, 0.05) is 33.4 Å². The molecule has 0 spiro atoms. The van der Waals surface area contributed by atoms with Gasteiger partial charge in [-0.1, -0.05) is 15.9 Å². The van der Waals surface area contributed by atoms with Gasteiger partial charge in [0.05, 0.1) is 5.69 Å². The average molecular weight is 367 g/mol. The molecule has 2 nitrogen and oxygen atoms in total. The first-order valence-electron chi connectivity index (χ1n) is 7.39. The summed E-state index contributed by atoms with van der Waals surface area (Å²) in [4.78, 5) is 6.05. The topological polar surface area (TPSA) is 24.9 Å². The van der Waals surface area contributed by atoms with E-state index in [0.29, 0.717) is 17.5 Å². The van der Waals surface area contributed by atoms with Gasteiger partial charge in [-0.2, -0.15) is 0 Å². The first-order chi connectivity index (χ1) is 10.2. The molecule has 4 rings (SSSR count). The lowest BCUT2D eigenvalue weighted by molar-refractivity contribution is 0.630. The maximum absolute atomic E-state index is 14.1. The highest BCUT2D eigenvalue weighted by Gasteiger charge is 2.31. The second-order valence-corrected chi connectivity index (χ2v) is 7.88. The Morgan fingerprint density at radius 1 is 1.29 bits per heavy atom. The zero-order valence-electron chi connectivity index (χ0n) is 11.5. The summed E-state index contributed by atoms with van der Waals surface area (Å²) in [7, 11) is 0. The standard InChI is InChI=1S/C16H16BrFN2S/c17-10-3-6-12(13(18)7-10)16-20-15(9-1-2-9)14(21-16)8-19-11-4-5-11/h3,6-7,9,11,19H,1-2,4-5,8H2. The van der Waals surface area contributed by atoms with Gasteiger partial charge in [0.1, 0.15) is 10.8 Å². The van der Waals surface area contributed by atoms with Crippen LogP contribution in [0.2, 0.25) is 0 Å². The van der Waals surface area contributed by atoms with Crippen LogP contribution >= 0.6 is 27.3 Å². The molecular weight excluding hydrogens is 351 g/mol. The number of benzene rings is 1. The summed E-state index contributed by atoms with van der Waals surface area (Å²) in [5.41, 5.74) is 1.81. The number of hydrogen-bond acceptors (Lipinski definition) is 3. The highest BCUT2D eigenvalue weighted by Crippen LogP contribution is 2.44. The van der Waals surface area contributed by atoms with E-state index >= 15 is 0 Å². The van der Waals surface area contributed by atoms with Gasteiger partial charge in [0.15, 0.2) is 0 Å². The molecule has 1 N–H and O–H groups in total. The lowest BCUT2D eigenvalue weighted by Crippen LogP contribution is -2.15. The van der Waals surface area contributed by atoms with Crippen molar-refractivity contribution >= 4 is 27.3 Å². The van der Waals surface area contributed by atoms with Gasteiger partial charge in [-0.15, -0.1) is 11.3 Å². The van der Waals surface area contributed by atoms with Gasteiger partial charge in [-0.3, -0.25) is 0 Å². The van der Waals surface area contributed by atoms with Crippen LogP contribution in [0.1, 0.15) is 42.2 Å². The summed E-state index contributed by atoms with van der Waals surface area (Å²) in [6.07, 6.45) is 5.02. The Morgan fingerprint density at radius 2 is 2.10 bits per heavy atom. The molecular formula is C16H16BrFN2S. The highest BCUT2D eigenvalue weighted by atomic mass is 79.9. The van der Waals surface area contributed by atoms with Gasteiger partial charge in [0.2, 0.25) is 0 Å².